The van der Waals surface area contributed by atoms with Gasteiger partial charge in [-0.25, -0.2) is 4.79 Å². The summed E-state index contributed by atoms with van der Waals surface area (Å²) in [4.78, 5) is 18.2. The zero-order valence-electron chi connectivity index (χ0n) is 6.99. The Labute approximate surface area is 71.6 Å². The van der Waals surface area contributed by atoms with Gasteiger partial charge in [-0.2, -0.15) is 9.98 Å². The first kappa shape index (κ1) is 7.65. The molecule has 2 aliphatic rings. The summed E-state index contributed by atoms with van der Waals surface area (Å²) in [6.45, 7) is 0. The first-order chi connectivity index (χ1) is 5.86. The van der Waals surface area contributed by atoms with E-state index in [1.165, 1.54) is 32.1 Å². The van der Waals surface area contributed by atoms with Crippen LogP contribution in [0.5, 0.6) is 0 Å². The van der Waals surface area contributed by atoms with E-state index in [-0.39, 0.29) is 6.03 Å². The molecular formula is C9H12N2O. The molecule has 2 rings (SSSR count). The molecule has 0 atom stereocenters. The highest BCUT2D eigenvalue weighted by Gasteiger charge is 2.21. The molecule has 1 heterocycles. The van der Waals surface area contributed by atoms with Crippen LogP contribution in [-0.2, 0) is 0 Å². The van der Waals surface area contributed by atoms with Crippen LogP contribution < -0.4 is 0 Å². The quantitative estimate of drug-likeness (QED) is 0.585. The van der Waals surface area contributed by atoms with Crippen LogP contribution in [0.1, 0.15) is 32.1 Å². The lowest BCUT2D eigenvalue weighted by atomic mass is 9.86. The largest absolute Gasteiger partial charge is 0.367 e. The normalized spacial score (nSPS) is 24.7. The van der Waals surface area contributed by atoms with Crippen LogP contribution in [-0.4, -0.2) is 18.0 Å². The molecule has 64 valence electrons. The number of urea groups is 1. The van der Waals surface area contributed by atoms with E-state index in [1.807, 2.05) is 0 Å². The monoisotopic (exact) mass is 164 g/mol. The Kier molecular flexibility index (Phi) is 2.02. The SMILES string of the molecule is O=C1N=CC(C2CCCCC2)=N1. The summed E-state index contributed by atoms with van der Waals surface area (Å²) in [6.07, 6.45) is 7.86. The van der Waals surface area contributed by atoms with Crippen LogP contribution in [0.15, 0.2) is 9.98 Å². The van der Waals surface area contributed by atoms with Gasteiger partial charge in [0.1, 0.15) is 0 Å². The lowest BCUT2D eigenvalue weighted by molar-refractivity contribution is 0.257. The molecule has 3 nitrogen and oxygen atoms in total. The van der Waals surface area contributed by atoms with Crippen molar-refractivity contribution in [3.63, 3.8) is 0 Å². The van der Waals surface area contributed by atoms with Crippen molar-refractivity contribution in [3.05, 3.63) is 0 Å². The predicted molar refractivity (Wildman–Crippen MR) is 47.9 cm³/mol. The van der Waals surface area contributed by atoms with Gasteiger partial charge < -0.3 is 0 Å². The third-order valence-electron chi connectivity index (χ3n) is 2.56. The van der Waals surface area contributed by atoms with Crippen LogP contribution in [0.25, 0.3) is 0 Å². The topological polar surface area (TPSA) is 41.8 Å². The van der Waals surface area contributed by atoms with Crippen molar-refractivity contribution in [1.29, 1.82) is 0 Å². The summed E-state index contributed by atoms with van der Waals surface area (Å²) in [6, 6.07) is -0.324. The maximum absolute atomic E-state index is 10.7. The number of hydrogen-bond acceptors (Lipinski definition) is 1. The number of carbonyl (C=O) groups is 1. The molecule has 0 spiro atoms. The van der Waals surface area contributed by atoms with Crippen LogP contribution in [0.4, 0.5) is 4.79 Å². The van der Waals surface area contributed by atoms with E-state index >= 15 is 0 Å². The summed E-state index contributed by atoms with van der Waals surface area (Å²) in [5, 5.41) is 0. The summed E-state index contributed by atoms with van der Waals surface area (Å²) >= 11 is 0. The fourth-order valence-electron chi connectivity index (χ4n) is 1.88. The molecule has 0 N–H and O–H groups in total. The Morgan fingerprint density at radius 1 is 1.25 bits per heavy atom. The van der Waals surface area contributed by atoms with E-state index < -0.39 is 0 Å². The van der Waals surface area contributed by atoms with Crippen molar-refractivity contribution in [2.75, 3.05) is 0 Å². The van der Waals surface area contributed by atoms with Crippen LogP contribution in [0.3, 0.4) is 0 Å². The van der Waals surface area contributed by atoms with E-state index in [0.29, 0.717) is 5.92 Å². The van der Waals surface area contributed by atoms with Crippen molar-refractivity contribution in [2.24, 2.45) is 15.9 Å². The van der Waals surface area contributed by atoms with Gasteiger partial charge in [0, 0.05) is 5.92 Å². The first-order valence-corrected chi connectivity index (χ1v) is 4.53. The molecular weight excluding hydrogens is 152 g/mol. The van der Waals surface area contributed by atoms with Gasteiger partial charge in [-0.15, -0.1) is 0 Å². The Morgan fingerprint density at radius 3 is 2.58 bits per heavy atom. The zero-order chi connectivity index (χ0) is 8.39. The minimum Gasteiger partial charge on any atom is -0.244 e. The summed E-state index contributed by atoms with van der Waals surface area (Å²) < 4.78 is 0. The molecule has 1 saturated carbocycles. The number of aliphatic imine (C=N–C) groups is 2. The number of rotatable bonds is 1. The second kappa shape index (κ2) is 3.17. The van der Waals surface area contributed by atoms with E-state index in [4.69, 9.17) is 0 Å². The van der Waals surface area contributed by atoms with Gasteiger partial charge in [-0.1, -0.05) is 19.3 Å². The Morgan fingerprint density at radius 2 is 2.00 bits per heavy atom. The molecule has 1 aliphatic heterocycles. The van der Waals surface area contributed by atoms with Gasteiger partial charge in [0.05, 0.1) is 11.9 Å². The maximum atomic E-state index is 10.7. The average Bonchev–Trinajstić information content (AvgIpc) is 2.54. The second-order valence-corrected chi connectivity index (χ2v) is 3.41. The molecule has 2 amide bonds. The molecule has 0 radical (unpaired) electrons. The Bertz CT molecular complexity index is 249. The van der Waals surface area contributed by atoms with Gasteiger partial charge in [-0.05, 0) is 12.8 Å². The number of amides is 2. The van der Waals surface area contributed by atoms with E-state index in [9.17, 15) is 4.79 Å². The third kappa shape index (κ3) is 1.44. The molecule has 0 bridgehead atoms. The van der Waals surface area contributed by atoms with Crippen LogP contribution in [0, 0.1) is 5.92 Å². The maximum Gasteiger partial charge on any atom is 0.367 e. The Balaban J connectivity index is 2.04. The number of nitrogens with zero attached hydrogens (tertiary/aromatic N) is 2. The molecule has 0 unspecified atom stereocenters. The highest BCUT2D eigenvalue weighted by molar-refractivity contribution is 6.38. The fourth-order valence-corrected chi connectivity index (χ4v) is 1.88. The Hall–Kier alpha value is -0.990. The standard InChI is InChI=1S/C9H12N2O/c12-9-10-6-8(11-9)7-4-2-1-3-5-7/h6-7H,1-5H2. The minimum atomic E-state index is -0.324. The lowest BCUT2D eigenvalue weighted by Gasteiger charge is -2.19. The summed E-state index contributed by atoms with van der Waals surface area (Å²) in [7, 11) is 0. The molecule has 0 aromatic rings. The third-order valence-corrected chi connectivity index (χ3v) is 2.56. The van der Waals surface area contributed by atoms with E-state index in [1.54, 1.807) is 6.21 Å². The highest BCUT2D eigenvalue weighted by Crippen LogP contribution is 2.25. The zero-order valence-corrected chi connectivity index (χ0v) is 6.99. The van der Waals surface area contributed by atoms with Crippen molar-refractivity contribution in [2.45, 2.75) is 32.1 Å². The van der Waals surface area contributed by atoms with Gasteiger partial charge >= 0.3 is 6.03 Å². The van der Waals surface area contributed by atoms with E-state index in [2.05, 4.69) is 9.98 Å². The second-order valence-electron chi connectivity index (χ2n) is 3.41. The van der Waals surface area contributed by atoms with Crippen molar-refractivity contribution in [3.8, 4) is 0 Å². The average molecular weight is 164 g/mol. The van der Waals surface area contributed by atoms with Crippen molar-refractivity contribution in [1.82, 2.24) is 0 Å². The smallest absolute Gasteiger partial charge is 0.244 e. The summed E-state index contributed by atoms with van der Waals surface area (Å²) in [5.41, 5.74) is 0.916. The highest BCUT2D eigenvalue weighted by atomic mass is 16.2. The molecule has 0 aromatic heterocycles. The molecule has 12 heavy (non-hydrogen) atoms. The molecule has 1 fully saturated rings. The number of hydrogen-bond donors (Lipinski definition) is 0. The van der Waals surface area contributed by atoms with Crippen LogP contribution in [0.2, 0.25) is 0 Å². The summed E-state index contributed by atoms with van der Waals surface area (Å²) in [5.74, 6) is 0.508. The number of carbonyl (C=O) groups excluding carboxylic acids is 1. The first-order valence-electron chi connectivity index (χ1n) is 4.53. The predicted octanol–water partition coefficient (Wildman–Crippen LogP) is 2.21. The fraction of sp³-hybridized carbons (Fsp3) is 0.667. The van der Waals surface area contributed by atoms with Crippen molar-refractivity contribution < 1.29 is 4.79 Å². The van der Waals surface area contributed by atoms with Gasteiger partial charge in [0.2, 0.25) is 0 Å². The van der Waals surface area contributed by atoms with Crippen molar-refractivity contribution >= 4 is 18.0 Å². The van der Waals surface area contributed by atoms with Gasteiger partial charge in [-0.3, -0.25) is 0 Å². The minimum absolute atomic E-state index is 0.324. The molecule has 3 heteroatoms. The van der Waals surface area contributed by atoms with Gasteiger partial charge in [0.25, 0.3) is 0 Å². The van der Waals surface area contributed by atoms with Crippen LogP contribution >= 0.6 is 0 Å². The molecule has 1 aliphatic carbocycles. The molecule has 0 saturated heterocycles. The van der Waals surface area contributed by atoms with Gasteiger partial charge in [0.15, 0.2) is 0 Å². The lowest BCUT2D eigenvalue weighted by Crippen LogP contribution is -2.17. The van der Waals surface area contributed by atoms with E-state index in [0.717, 1.165) is 5.71 Å². The molecule has 0 aromatic carbocycles.